The first-order chi connectivity index (χ1) is 6.73. The van der Waals surface area contributed by atoms with Crippen LogP contribution in [-0.2, 0) is 6.18 Å². The van der Waals surface area contributed by atoms with Gasteiger partial charge in [-0.25, -0.2) is 13.8 Å². The van der Waals surface area contributed by atoms with Crippen LogP contribution < -0.4 is 0 Å². The molecule has 0 aliphatic carbocycles. The second-order valence-electron chi connectivity index (χ2n) is 2.83. The first-order valence-electron chi connectivity index (χ1n) is 3.76. The largest absolute Gasteiger partial charge is 0.433 e. The molecular weight excluding hydrogens is 332 g/mol. The molecule has 7 heteroatoms. The summed E-state index contributed by atoms with van der Waals surface area (Å²) in [5.41, 5.74) is -2.27. The summed E-state index contributed by atoms with van der Waals surface area (Å²) in [7, 11) is 0. The molecule has 0 unspecified atom stereocenters. The van der Waals surface area contributed by atoms with Gasteiger partial charge in [0.25, 0.3) is 6.43 Å². The van der Waals surface area contributed by atoms with E-state index in [-0.39, 0.29) is 3.70 Å². The Hall–Kier alpha value is -0.470. The zero-order valence-corrected chi connectivity index (χ0v) is 9.53. The highest BCUT2D eigenvalue weighted by Crippen LogP contribution is 2.35. The van der Waals surface area contributed by atoms with Crippen LogP contribution in [0.2, 0.25) is 0 Å². The summed E-state index contributed by atoms with van der Waals surface area (Å²) in [5, 5.41) is 0. The van der Waals surface area contributed by atoms with Crippen LogP contribution in [0.4, 0.5) is 22.0 Å². The number of hydrogen-bond donors (Lipinski definition) is 0. The molecule has 0 spiro atoms. The number of pyridine rings is 1. The molecule has 0 aromatic carbocycles. The third kappa shape index (κ3) is 2.76. The summed E-state index contributed by atoms with van der Waals surface area (Å²) in [6.45, 7) is 1.43. The normalized spacial score (nSPS) is 12.3. The Kier molecular flexibility index (Phi) is 3.51. The van der Waals surface area contributed by atoms with Crippen LogP contribution in [0.3, 0.4) is 0 Å². The van der Waals surface area contributed by atoms with E-state index in [4.69, 9.17) is 0 Å². The van der Waals surface area contributed by atoms with E-state index in [1.807, 2.05) is 0 Å². The van der Waals surface area contributed by atoms with Crippen LogP contribution >= 0.6 is 22.6 Å². The van der Waals surface area contributed by atoms with Crippen molar-refractivity contribution in [2.24, 2.45) is 0 Å². The fourth-order valence-electron chi connectivity index (χ4n) is 1.01. The molecule has 1 heterocycles. The molecule has 0 N–H and O–H groups in total. The summed E-state index contributed by atoms with van der Waals surface area (Å²) in [5.74, 6) is 0. The minimum Gasteiger partial charge on any atom is -0.237 e. The Morgan fingerprint density at radius 2 is 1.87 bits per heavy atom. The summed E-state index contributed by atoms with van der Waals surface area (Å²) in [6.07, 6.45) is -8.02. The highest BCUT2D eigenvalue weighted by molar-refractivity contribution is 14.1. The van der Waals surface area contributed by atoms with Crippen molar-refractivity contribution in [2.75, 3.05) is 0 Å². The molecule has 0 saturated carbocycles. The Bertz CT molecular complexity index is 374. The lowest BCUT2D eigenvalue weighted by molar-refractivity contribution is -0.143. The van der Waals surface area contributed by atoms with E-state index in [1.165, 1.54) is 6.92 Å². The quantitative estimate of drug-likeness (QED) is 0.430. The summed E-state index contributed by atoms with van der Waals surface area (Å²) in [4.78, 5) is 3.15. The van der Waals surface area contributed by atoms with Crippen LogP contribution in [-0.4, -0.2) is 4.98 Å². The Balaban J connectivity index is 3.42. The van der Waals surface area contributed by atoms with Crippen molar-refractivity contribution in [2.45, 2.75) is 19.5 Å². The van der Waals surface area contributed by atoms with Crippen LogP contribution in [0.25, 0.3) is 0 Å². The lowest BCUT2D eigenvalue weighted by Gasteiger charge is -2.12. The van der Waals surface area contributed by atoms with E-state index in [0.29, 0.717) is 5.56 Å². The van der Waals surface area contributed by atoms with Crippen molar-refractivity contribution in [3.63, 3.8) is 0 Å². The molecule has 15 heavy (non-hydrogen) atoms. The number of aryl methyl sites for hydroxylation is 1. The minimum absolute atomic E-state index is 0.0734. The maximum Gasteiger partial charge on any atom is 0.433 e. The fourth-order valence-corrected chi connectivity index (χ4v) is 1.40. The number of nitrogens with zero attached hydrogens (tertiary/aromatic N) is 1. The summed E-state index contributed by atoms with van der Waals surface area (Å²) < 4.78 is 61.7. The van der Waals surface area contributed by atoms with Gasteiger partial charge in [-0.3, -0.25) is 0 Å². The molecule has 0 amide bonds. The maximum atomic E-state index is 12.3. The van der Waals surface area contributed by atoms with E-state index in [0.717, 1.165) is 6.07 Å². The van der Waals surface area contributed by atoms with Gasteiger partial charge < -0.3 is 0 Å². The molecule has 0 fully saturated rings. The molecule has 0 bridgehead atoms. The van der Waals surface area contributed by atoms with Gasteiger partial charge in [0.05, 0.1) is 0 Å². The van der Waals surface area contributed by atoms with Gasteiger partial charge in [-0.15, -0.1) is 0 Å². The van der Waals surface area contributed by atoms with Crippen LogP contribution in [0.1, 0.15) is 23.2 Å². The molecule has 84 valence electrons. The number of hydrogen-bond acceptors (Lipinski definition) is 1. The molecule has 1 nitrogen and oxygen atoms in total. The SMILES string of the molecule is Cc1cc(C(F)F)c(C(F)(F)F)nc1I. The second-order valence-corrected chi connectivity index (χ2v) is 3.85. The van der Waals surface area contributed by atoms with E-state index in [2.05, 4.69) is 4.98 Å². The van der Waals surface area contributed by atoms with Crippen LogP contribution in [0.5, 0.6) is 0 Å². The highest BCUT2D eigenvalue weighted by Gasteiger charge is 2.38. The van der Waals surface area contributed by atoms with Gasteiger partial charge in [0.15, 0.2) is 5.69 Å². The fraction of sp³-hybridized carbons (Fsp3) is 0.375. The lowest BCUT2D eigenvalue weighted by Crippen LogP contribution is -2.14. The third-order valence-corrected chi connectivity index (χ3v) is 2.78. The monoisotopic (exact) mass is 337 g/mol. The van der Waals surface area contributed by atoms with Crippen molar-refractivity contribution in [1.29, 1.82) is 0 Å². The molecule has 0 aliphatic rings. The smallest absolute Gasteiger partial charge is 0.237 e. The average Bonchev–Trinajstić information content (AvgIpc) is 2.06. The molecular formula is C8H5F5IN. The predicted molar refractivity (Wildman–Crippen MR) is 51.7 cm³/mol. The average molecular weight is 337 g/mol. The predicted octanol–water partition coefficient (Wildman–Crippen LogP) is 3.95. The highest BCUT2D eigenvalue weighted by atomic mass is 127. The summed E-state index contributed by atoms with van der Waals surface area (Å²) >= 11 is 1.57. The first kappa shape index (κ1) is 12.6. The standard InChI is InChI=1S/C8H5F5IN/c1-3-2-4(6(9)10)5(8(11,12)13)15-7(3)14/h2,6H,1H3. The molecule has 0 aliphatic heterocycles. The molecule has 0 radical (unpaired) electrons. The van der Waals surface area contributed by atoms with Gasteiger partial charge in [0.2, 0.25) is 0 Å². The van der Waals surface area contributed by atoms with E-state index >= 15 is 0 Å². The Morgan fingerprint density at radius 3 is 2.27 bits per heavy atom. The van der Waals surface area contributed by atoms with Crippen molar-refractivity contribution < 1.29 is 22.0 Å². The third-order valence-electron chi connectivity index (χ3n) is 1.68. The van der Waals surface area contributed by atoms with Gasteiger partial charge in [0.1, 0.15) is 3.70 Å². The lowest BCUT2D eigenvalue weighted by atomic mass is 10.1. The van der Waals surface area contributed by atoms with E-state index in [1.54, 1.807) is 22.6 Å². The van der Waals surface area contributed by atoms with Gasteiger partial charge in [-0.05, 0) is 41.1 Å². The molecule has 1 aromatic heterocycles. The van der Waals surface area contributed by atoms with Gasteiger partial charge >= 0.3 is 6.18 Å². The molecule has 0 atom stereocenters. The van der Waals surface area contributed by atoms with Crippen molar-refractivity contribution >= 4 is 22.6 Å². The number of alkyl halides is 5. The molecule has 1 rings (SSSR count). The number of rotatable bonds is 1. The van der Waals surface area contributed by atoms with Crippen molar-refractivity contribution in [3.05, 3.63) is 26.6 Å². The zero-order valence-electron chi connectivity index (χ0n) is 7.37. The minimum atomic E-state index is -4.85. The topological polar surface area (TPSA) is 12.9 Å². The number of aromatic nitrogens is 1. The molecule has 1 aromatic rings. The van der Waals surface area contributed by atoms with E-state index < -0.39 is 23.9 Å². The Morgan fingerprint density at radius 1 is 1.33 bits per heavy atom. The molecule has 0 saturated heterocycles. The summed E-state index contributed by atoms with van der Waals surface area (Å²) in [6, 6.07) is 0.822. The van der Waals surface area contributed by atoms with Gasteiger partial charge in [-0.2, -0.15) is 13.2 Å². The first-order valence-corrected chi connectivity index (χ1v) is 4.83. The van der Waals surface area contributed by atoms with Crippen LogP contribution in [0.15, 0.2) is 6.07 Å². The maximum absolute atomic E-state index is 12.3. The van der Waals surface area contributed by atoms with Crippen molar-refractivity contribution in [3.8, 4) is 0 Å². The van der Waals surface area contributed by atoms with E-state index in [9.17, 15) is 22.0 Å². The van der Waals surface area contributed by atoms with Crippen molar-refractivity contribution in [1.82, 2.24) is 4.98 Å². The second kappa shape index (κ2) is 4.18. The van der Waals surface area contributed by atoms with Gasteiger partial charge in [0, 0.05) is 5.56 Å². The number of halogens is 6. The Labute approximate surface area is 95.8 Å². The zero-order chi connectivity index (χ0) is 11.8. The van der Waals surface area contributed by atoms with Crippen LogP contribution in [0, 0.1) is 10.6 Å². The van der Waals surface area contributed by atoms with Gasteiger partial charge in [-0.1, -0.05) is 0 Å².